The maximum atomic E-state index is 13.0. The minimum atomic E-state index is -0.407. The predicted octanol–water partition coefficient (Wildman–Crippen LogP) is 3.45. The Morgan fingerprint density at radius 2 is 1.82 bits per heavy atom. The molecule has 0 spiro atoms. The Labute approximate surface area is 203 Å². The van der Waals surface area contributed by atoms with Crippen molar-refractivity contribution in [1.82, 2.24) is 9.80 Å². The number of fused-ring (bicyclic) bond motifs is 1. The van der Waals surface area contributed by atoms with Gasteiger partial charge in [-0.2, -0.15) is 0 Å². The van der Waals surface area contributed by atoms with Crippen molar-refractivity contribution >= 4 is 40.6 Å². The largest absolute Gasteiger partial charge is 0.378 e. The first-order chi connectivity index (χ1) is 16.5. The average Bonchev–Trinajstić information content (AvgIpc) is 3.11. The molecule has 2 saturated heterocycles. The Morgan fingerprint density at radius 1 is 1.06 bits per heavy atom. The zero-order valence-electron chi connectivity index (χ0n) is 19.2. The van der Waals surface area contributed by atoms with Crippen molar-refractivity contribution in [2.75, 3.05) is 44.3 Å². The van der Waals surface area contributed by atoms with E-state index in [0.717, 1.165) is 71.8 Å². The number of hydrogen-bond donors (Lipinski definition) is 0. The quantitative estimate of drug-likeness (QED) is 0.629. The second-order valence-electron chi connectivity index (χ2n) is 8.75. The lowest BCUT2D eigenvalue weighted by atomic mass is 10.00. The normalized spacial score (nSPS) is 19.7. The number of nitrogens with zero attached hydrogens (tertiary/aromatic N) is 3. The van der Waals surface area contributed by atoms with Crippen LogP contribution in [0.2, 0.25) is 0 Å². The Bertz CT molecular complexity index is 1170. The number of rotatable bonds is 4. The summed E-state index contributed by atoms with van der Waals surface area (Å²) >= 11 is 0.893. The fraction of sp³-hybridized carbons (Fsp3) is 0.346. The number of carbonyl (C=O) groups excluding carboxylic acids is 3. The molecule has 0 unspecified atom stereocenters. The number of aryl methyl sites for hydroxylation is 1. The van der Waals surface area contributed by atoms with Crippen LogP contribution in [0, 0.1) is 6.92 Å². The summed E-state index contributed by atoms with van der Waals surface area (Å²) in [4.78, 5) is 43.8. The number of anilines is 1. The summed E-state index contributed by atoms with van der Waals surface area (Å²) in [7, 11) is 0. The van der Waals surface area contributed by atoms with E-state index in [-0.39, 0.29) is 12.5 Å². The van der Waals surface area contributed by atoms with E-state index in [1.165, 1.54) is 5.56 Å². The van der Waals surface area contributed by atoms with Crippen LogP contribution >= 0.6 is 11.8 Å². The van der Waals surface area contributed by atoms with Crippen LogP contribution in [0.3, 0.4) is 0 Å². The number of imide groups is 1. The van der Waals surface area contributed by atoms with Gasteiger partial charge in [0, 0.05) is 31.9 Å². The van der Waals surface area contributed by atoms with Gasteiger partial charge in [0.05, 0.1) is 18.1 Å². The summed E-state index contributed by atoms with van der Waals surface area (Å²) in [5.41, 5.74) is 5.49. The highest BCUT2D eigenvalue weighted by Crippen LogP contribution is 2.33. The number of hydrogen-bond acceptors (Lipinski definition) is 6. The molecule has 0 aliphatic carbocycles. The third-order valence-electron chi connectivity index (χ3n) is 6.52. The second-order valence-corrected chi connectivity index (χ2v) is 9.74. The Balaban J connectivity index is 1.26. The van der Waals surface area contributed by atoms with Crippen molar-refractivity contribution in [2.24, 2.45) is 0 Å². The van der Waals surface area contributed by atoms with Gasteiger partial charge in [-0.3, -0.25) is 19.3 Å². The summed E-state index contributed by atoms with van der Waals surface area (Å²) in [5.74, 6) is -0.612. The van der Waals surface area contributed by atoms with Gasteiger partial charge in [-0.25, -0.2) is 0 Å². The fourth-order valence-corrected chi connectivity index (χ4v) is 5.50. The van der Waals surface area contributed by atoms with Crippen LogP contribution in [0.5, 0.6) is 0 Å². The molecule has 7 nitrogen and oxygen atoms in total. The molecule has 5 rings (SSSR count). The zero-order valence-corrected chi connectivity index (χ0v) is 20.0. The molecule has 2 aromatic carbocycles. The zero-order chi connectivity index (χ0) is 23.7. The lowest BCUT2D eigenvalue weighted by Gasteiger charge is -2.30. The van der Waals surface area contributed by atoms with E-state index < -0.39 is 11.1 Å². The highest BCUT2D eigenvalue weighted by atomic mass is 32.2. The van der Waals surface area contributed by atoms with Gasteiger partial charge in [-0.15, -0.1) is 0 Å². The lowest BCUT2D eigenvalue weighted by Crippen LogP contribution is -2.44. The lowest BCUT2D eigenvalue weighted by molar-refractivity contribution is -0.136. The average molecular weight is 478 g/mol. The third kappa shape index (κ3) is 4.60. The first-order valence-electron chi connectivity index (χ1n) is 11.5. The van der Waals surface area contributed by atoms with Crippen LogP contribution in [-0.4, -0.2) is 66.2 Å². The van der Waals surface area contributed by atoms with Gasteiger partial charge < -0.3 is 14.5 Å². The summed E-state index contributed by atoms with van der Waals surface area (Å²) in [6.45, 7) is 6.08. The van der Waals surface area contributed by atoms with Gasteiger partial charge in [0.2, 0.25) is 5.91 Å². The molecule has 0 atom stereocenters. The van der Waals surface area contributed by atoms with Gasteiger partial charge in [0.15, 0.2) is 0 Å². The summed E-state index contributed by atoms with van der Waals surface area (Å²) < 4.78 is 5.43. The molecule has 34 heavy (non-hydrogen) atoms. The van der Waals surface area contributed by atoms with E-state index in [0.29, 0.717) is 18.0 Å². The standard InChI is InChI=1S/C26H27N3O4S/c1-18-14-19(6-7-22(18)27-10-12-33-13-11-27)15-23-25(31)29(26(32)34-23)17-24(30)28-9-8-20-4-2-3-5-21(20)16-28/h2-7,14-15H,8-13,16-17H2,1H3/b23-15-. The molecule has 0 bridgehead atoms. The molecule has 8 heteroatoms. The topological polar surface area (TPSA) is 70.2 Å². The van der Waals surface area contributed by atoms with Gasteiger partial charge in [0.25, 0.3) is 11.1 Å². The van der Waals surface area contributed by atoms with Gasteiger partial charge in [-0.1, -0.05) is 30.3 Å². The maximum Gasteiger partial charge on any atom is 0.294 e. The molecular formula is C26H27N3O4S. The SMILES string of the molecule is Cc1cc(/C=C2\SC(=O)N(CC(=O)N3CCc4ccccc4C3)C2=O)ccc1N1CCOCC1. The molecule has 176 valence electrons. The van der Waals surface area contributed by atoms with Gasteiger partial charge in [-0.05, 0) is 65.6 Å². The van der Waals surface area contributed by atoms with Crippen LogP contribution in [0.15, 0.2) is 47.4 Å². The van der Waals surface area contributed by atoms with Crippen molar-refractivity contribution < 1.29 is 19.1 Å². The smallest absolute Gasteiger partial charge is 0.294 e. The van der Waals surface area contributed by atoms with E-state index in [9.17, 15) is 14.4 Å². The van der Waals surface area contributed by atoms with Crippen molar-refractivity contribution in [3.05, 3.63) is 69.6 Å². The Kier molecular flexibility index (Phi) is 6.43. The number of thioether (sulfide) groups is 1. The van der Waals surface area contributed by atoms with E-state index in [1.807, 2.05) is 37.3 Å². The minimum Gasteiger partial charge on any atom is -0.378 e. The monoisotopic (exact) mass is 477 g/mol. The third-order valence-corrected chi connectivity index (χ3v) is 7.43. The van der Waals surface area contributed by atoms with E-state index in [2.05, 4.69) is 17.0 Å². The summed E-state index contributed by atoms with van der Waals surface area (Å²) in [6, 6.07) is 14.1. The Morgan fingerprint density at radius 3 is 2.59 bits per heavy atom. The second kappa shape index (κ2) is 9.64. The maximum absolute atomic E-state index is 13.0. The van der Waals surface area contributed by atoms with Crippen LogP contribution in [0.25, 0.3) is 6.08 Å². The first kappa shape index (κ1) is 22.7. The van der Waals surface area contributed by atoms with E-state index in [4.69, 9.17) is 4.74 Å². The molecule has 0 saturated carbocycles. The molecule has 2 fully saturated rings. The fourth-order valence-electron chi connectivity index (χ4n) is 4.66. The summed E-state index contributed by atoms with van der Waals surface area (Å²) in [6.07, 6.45) is 2.52. The van der Waals surface area contributed by atoms with Crippen molar-refractivity contribution in [1.29, 1.82) is 0 Å². The predicted molar refractivity (Wildman–Crippen MR) is 132 cm³/mol. The molecule has 0 aromatic heterocycles. The molecule has 3 amide bonds. The minimum absolute atomic E-state index is 0.205. The molecule has 3 aliphatic rings. The first-order valence-corrected chi connectivity index (χ1v) is 12.3. The molecule has 2 aromatic rings. The number of morpholine rings is 1. The van der Waals surface area contributed by atoms with E-state index in [1.54, 1.807) is 11.0 Å². The molecule has 3 aliphatic heterocycles. The summed E-state index contributed by atoms with van der Waals surface area (Å²) in [5, 5.41) is -0.399. The van der Waals surface area contributed by atoms with Crippen LogP contribution in [-0.2, 0) is 27.3 Å². The molecule has 3 heterocycles. The number of carbonyl (C=O) groups is 3. The van der Waals surface area contributed by atoms with Gasteiger partial charge >= 0.3 is 0 Å². The van der Waals surface area contributed by atoms with Crippen molar-refractivity contribution in [3.8, 4) is 0 Å². The van der Waals surface area contributed by atoms with Crippen LogP contribution < -0.4 is 4.90 Å². The number of ether oxygens (including phenoxy) is 1. The number of amides is 3. The molecule has 0 N–H and O–H groups in total. The van der Waals surface area contributed by atoms with E-state index >= 15 is 0 Å². The Hall–Kier alpha value is -3.10. The van der Waals surface area contributed by atoms with Crippen molar-refractivity contribution in [2.45, 2.75) is 19.9 Å². The van der Waals surface area contributed by atoms with Crippen LogP contribution in [0.1, 0.15) is 22.3 Å². The molecular weight excluding hydrogens is 450 g/mol. The van der Waals surface area contributed by atoms with Gasteiger partial charge in [0.1, 0.15) is 6.54 Å². The highest BCUT2D eigenvalue weighted by molar-refractivity contribution is 8.18. The van der Waals surface area contributed by atoms with Crippen molar-refractivity contribution in [3.63, 3.8) is 0 Å². The molecule has 0 radical (unpaired) electrons. The number of benzene rings is 2. The van der Waals surface area contributed by atoms with Crippen LogP contribution in [0.4, 0.5) is 10.5 Å². The highest BCUT2D eigenvalue weighted by Gasteiger charge is 2.37.